The van der Waals surface area contributed by atoms with Crippen molar-refractivity contribution in [1.29, 1.82) is 0 Å². The van der Waals surface area contributed by atoms with Gasteiger partial charge in [0.25, 0.3) is 0 Å². The number of hydrogen-bond donors (Lipinski definition) is 1. The van der Waals surface area contributed by atoms with E-state index in [9.17, 15) is 5.11 Å². The maximum absolute atomic E-state index is 10.0. The Labute approximate surface area is 116 Å². The van der Waals surface area contributed by atoms with E-state index < -0.39 is 0 Å². The second-order valence-corrected chi connectivity index (χ2v) is 6.88. The number of hydrogen-bond acceptors (Lipinski definition) is 3. The third-order valence-corrected chi connectivity index (χ3v) is 6.03. The van der Waals surface area contributed by atoms with Crippen LogP contribution in [0, 0.1) is 23.2 Å². The van der Waals surface area contributed by atoms with E-state index in [1.54, 1.807) is 7.11 Å². The summed E-state index contributed by atoms with van der Waals surface area (Å²) in [5.74, 6) is 1.43. The largest absolute Gasteiger partial charge is 0.389 e. The molecule has 2 unspecified atom stereocenters. The molecule has 108 valence electrons. The van der Waals surface area contributed by atoms with E-state index in [1.807, 2.05) is 0 Å². The Kier molecular flexibility index (Phi) is 3.27. The molecule has 1 aliphatic heterocycles. The van der Waals surface area contributed by atoms with Crippen LogP contribution in [0.4, 0.5) is 0 Å². The van der Waals surface area contributed by atoms with Crippen molar-refractivity contribution < 1.29 is 14.6 Å². The first kappa shape index (κ1) is 13.6. The van der Waals surface area contributed by atoms with Gasteiger partial charge in [0.15, 0.2) is 6.29 Å². The summed E-state index contributed by atoms with van der Waals surface area (Å²) in [6, 6.07) is 0. The fourth-order valence-corrected chi connectivity index (χ4v) is 4.94. The Morgan fingerprint density at radius 1 is 1.42 bits per heavy atom. The number of fused-ring (bicyclic) bond motifs is 3. The first-order chi connectivity index (χ1) is 8.98. The van der Waals surface area contributed by atoms with E-state index in [2.05, 4.69) is 26.8 Å². The van der Waals surface area contributed by atoms with Gasteiger partial charge in [0, 0.05) is 18.9 Å². The molecule has 0 amide bonds. The molecule has 0 aromatic rings. The lowest BCUT2D eigenvalue weighted by molar-refractivity contribution is -0.132. The highest BCUT2D eigenvalue weighted by Crippen LogP contribution is 2.59. The van der Waals surface area contributed by atoms with Crippen LogP contribution in [0.1, 0.15) is 40.0 Å². The zero-order valence-corrected chi connectivity index (χ0v) is 12.4. The van der Waals surface area contributed by atoms with Gasteiger partial charge in [-0.2, -0.15) is 0 Å². The van der Waals surface area contributed by atoms with Crippen molar-refractivity contribution in [3.8, 4) is 0 Å². The number of aliphatic hydroxyl groups excluding tert-OH is 1. The third-order valence-electron chi connectivity index (χ3n) is 6.03. The van der Waals surface area contributed by atoms with Crippen molar-refractivity contribution in [2.75, 3.05) is 7.11 Å². The molecular weight excluding hydrogens is 240 g/mol. The second-order valence-electron chi connectivity index (χ2n) is 6.88. The molecule has 3 nitrogen and oxygen atoms in total. The molecule has 0 aromatic carbocycles. The summed E-state index contributed by atoms with van der Waals surface area (Å²) in [7, 11) is 1.74. The Hall–Kier alpha value is -0.380. The lowest BCUT2D eigenvalue weighted by atomic mass is 9.52. The molecule has 1 saturated heterocycles. The highest BCUT2D eigenvalue weighted by molar-refractivity contribution is 5.26. The van der Waals surface area contributed by atoms with Gasteiger partial charge < -0.3 is 14.6 Å². The van der Waals surface area contributed by atoms with Gasteiger partial charge in [0.2, 0.25) is 0 Å². The highest BCUT2D eigenvalue weighted by atomic mass is 16.7. The molecular formula is C16H26O3. The first-order valence-electron chi connectivity index (χ1n) is 7.56. The van der Waals surface area contributed by atoms with Gasteiger partial charge in [-0.15, -0.1) is 0 Å². The minimum atomic E-state index is -0.259. The van der Waals surface area contributed by atoms with Gasteiger partial charge >= 0.3 is 0 Å². The van der Waals surface area contributed by atoms with Crippen molar-refractivity contribution in [2.24, 2.45) is 23.2 Å². The van der Waals surface area contributed by atoms with Crippen LogP contribution in [0.2, 0.25) is 0 Å². The number of rotatable bonds is 1. The van der Waals surface area contributed by atoms with Crippen LogP contribution in [-0.2, 0) is 9.47 Å². The molecule has 3 heteroatoms. The number of methoxy groups -OCH3 is 1. The number of aliphatic hydroxyl groups is 1. The molecule has 7 atom stereocenters. The third kappa shape index (κ3) is 1.82. The maximum atomic E-state index is 10.0. The van der Waals surface area contributed by atoms with Gasteiger partial charge in [-0.05, 0) is 30.6 Å². The van der Waals surface area contributed by atoms with E-state index in [4.69, 9.17) is 9.47 Å². The summed E-state index contributed by atoms with van der Waals surface area (Å²) >= 11 is 0. The molecule has 19 heavy (non-hydrogen) atoms. The van der Waals surface area contributed by atoms with Gasteiger partial charge in [-0.3, -0.25) is 0 Å². The normalized spacial score (nSPS) is 53.4. The Bertz CT molecular complexity index is 389. The number of allylic oxidation sites excluding steroid dienone is 1. The molecule has 1 saturated carbocycles. The Morgan fingerprint density at radius 2 is 2.16 bits per heavy atom. The lowest BCUT2D eigenvalue weighted by Gasteiger charge is -2.52. The van der Waals surface area contributed by atoms with Crippen molar-refractivity contribution >= 4 is 0 Å². The van der Waals surface area contributed by atoms with E-state index in [0.717, 1.165) is 19.3 Å². The van der Waals surface area contributed by atoms with E-state index >= 15 is 0 Å². The SMILES string of the molecule is COC1O[C@@H]2CCC3=CC(O)C[C@H](C)[C@@]3(C)[C@H]2[C@@H]1C. The predicted molar refractivity (Wildman–Crippen MR) is 73.5 cm³/mol. The number of ether oxygens (including phenoxy) is 2. The quantitative estimate of drug-likeness (QED) is 0.742. The van der Waals surface area contributed by atoms with E-state index in [-0.39, 0.29) is 17.8 Å². The molecule has 3 aliphatic rings. The van der Waals surface area contributed by atoms with Crippen LogP contribution >= 0.6 is 0 Å². The van der Waals surface area contributed by atoms with Crippen molar-refractivity contribution in [2.45, 2.75) is 58.5 Å². The second kappa shape index (κ2) is 4.57. The Morgan fingerprint density at radius 3 is 2.84 bits per heavy atom. The average molecular weight is 266 g/mol. The average Bonchev–Trinajstić information content (AvgIpc) is 2.69. The van der Waals surface area contributed by atoms with Crippen LogP contribution < -0.4 is 0 Å². The monoisotopic (exact) mass is 266 g/mol. The standard InChI is InChI=1S/C16H26O3/c1-9-7-12(17)8-11-5-6-13-14(16(9,11)3)10(2)15(18-4)19-13/h8-10,12-15,17H,5-7H2,1-4H3/t9-,10-,12?,13+,14-,15?,16+/m0/s1. The summed E-state index contributed by atoms with van der Waals surface area (Å²) in [5.41, 5.74) is 1.61. The fraction of sp³-hybridized carbons (Fsp3) is 0.875. The minimum Gasteiger partial charge on any atom is -0.389 e. The van der Waals surface area contributed by atoms with Crippen molar-refractivity contribution in [1.82, 2.24) is 0 Å². The summed E-state index contributed by atoms with van der Waals surface area (Å²) < 4.78 is 11.6. The smallest absolute Gasteiger partial charge is 0.160 e. The Balaban J connectivity index is 1.99. The minimum absolute atomic E-state index is 0.0646. The van der Waals surface area contributed by atoms with E-state index in [1.165, 1.54) is 5.57 Å². The molecule has 0 bridgehead atoms. The zero-order chi connectivity index (χ0) is 13.8. The van der Waals surface area contributed by atoms with Gasteiger partial charge in [0.05, 0.1) is 12.2 Å². The molecule has 2 aliphatic carbocycles. The van der Waals surface area contributed by atoms with Crippen LogP contribution in [-0.4, -0.2) is 30.7 Å². The summed E-state index contributed by atoms with van der Waals surface area (Å²) in [6.45, 7) is 6.92. The predicted octanol–water partition coefficient (Wildman–Crippen LogP) is 2.74. The van der Waals surface area contributed by atoms with Crippen molar-refractivity contribution in [3.63, 3.8) is 0 Å². The van der Waals surface area contributed by atoms with Gasteiger partial charge in [-0.1, -0.05) is 32.4 Å². The summed E-state index contributed by atoms with van der Waals surface area (Å²) in [6.07, 6.45) is 5.10. The molecule has 1 heterocycles. The summed E-state index contributed by atoms with van der Waals surface area (Å²) in [5, 5.41) is 10.0. The molecule has 0 spiro atoms. The van der Waals surface area contributed by atoms with Gasteiger partial charge in [-0.25, -0.2) is 0 Å². The summed E-state index contributed by atoms with van der Waals surface area (Å²) in [4.78, 5) is 0. The van der Waals surface area contributed by atoms with Crippen LogP contribution in [0.15, 0.2) is 11.6 Å². The zero-order valence-electron chi connectivity index (χ0n) is 12.4. The van der Waals surface area contributed by atoms with E-state index in [0.29, 0.717) is 23.9 Å². The fourth-order valence-electron chi connectivity index (χ4n) is 4.94. The highest BCUT2D eigenvalue weighted by Gasteiger charge is 2.57. The molecule has 0 aromatic heterocycles. The van der Waals surface area contributed by atoms with Crippen LogP contribution in [0.3, 0.4) is 0 Å². The molecule has 1 N–H and O–H groups in total. The lowest BCUT2D eigenvalue weighted by Crippen LogP contribution is -2.49. The van der Waals surface area contributed by atoms with Crippen LogP contribution in [0.5, 0.6) is 0 Å². The topological polar surface area (TPSA) is 38.7 Å². The van der Waals surface area contributed by atoms with Crippen LogP contribution in [0.25, 0.3) is 0 Å². The van der Waals surface area contributed by atoms with Gasteiger partial charge in [0.1, 0.15) is 0 Å². The molecule has 2 fully saturated rings. The van der Waals surface area contributed by atoms with Crippen molar-refractivity contribution in [3.05, 3.63) is 11.6 Å². The maximum Gasteiger partial charge on any atom is 0.160 e. The first-order valence-corrected chi connectivity index (χ1v) is 7.56. The molecule has 3 rings (SSSR count). The molecule has 0 radical (unpaired) electrons.